The third-order valence-electron chi connectivity index (χ3n) is 5.25. The summed E-state index contributed by atoms with van der Waals surface area (Å²) in [6.45, 7) is 3.49. The Balaban J connectivity index is 1.55. The molecule has 26 heavy (non-hydrogen) atoms. The van der Waals surface area contributed by atoms with E-state index < -0.39 is 0 Å². The van der Waals surface area contributed by atoms with Crippen LogP contribution in [-0.4, -0.2) is 42.3 Å². The lowest BCUT2D eigenvalue weighted by atomic mass is 9.86. The number of benzene rings is 1. The molecule has 1 N–H and O–H groups in total. The van der Waals surface area contributed by atoms with Gasteiger partial charge < -0.3 is 14.2 Å². The van der Waals surface area contributed by atoms with Gasteiger partial charge in [0.1, 0.15) is 5.76 Å². The Kier molecular flexibility index (Phi) is 5.93. The van der Waals surface area contributed by atoms with Crippen molar-refractivity contribution in [1.29, 1.82) is 0 Å². The van der Waals surface area contributed by atoms with Crippen LogP contribution in [0.1, 0.15) is 29.7 Å². The number of piperidine rings is 1. The molecule has 2 atom stereocenters. The first-order valence-electron chi connectivity index (χ1n) is 9.09. The molecule has 2 heterocycles. The topological polar surface area (TPSA) is 75.5 Å². The Bertz CT molecular complexity index is 795. The number of nitrogens with one attached hydrogen (secondary N) is 1. The first-order valence-corrected chi connectivity index (χ1v) is 9.09. The summed E-state index contributed by atoms with van der Waals surface area (Å²) in [7, 11) is 1.72. The number of aromatic nitrogens is 1. The van der Waals surface area contributed by atoms with Crippen molar-refractivity contribution in [3.05, 3.63) is 57.6 Å². The van der Waals surface area contributed by atoms with Crippen molar-refractivity contribution in [3.8, 4) is 0 Å². The number of nitrogens with zero attached hydrogens (tertiary/aromatic N) is 1. The van der Waals surface area contributed by atoms with E-state index >= 15 is 0 Å². The summed E-state index contributed by atoms with van der Waals surface area (Å²) in [6.07, 6.45) is 2.70. The zero-order valence-corrected chi connectivity index (χ0v) is 15.4. The van der Waals surface area contributed by atoms with Gasteiger partial charge >= 0.3 is 0 Å². The van der Waals surface area contributed by atoms with Gasteiger partial charge in [-0.15, -0.1) is 0 Å². The molecule has 0 aliphatic carbocycles. The molecule has 1 aliphatic rings. The molecule has 0 bridgehead atoms. The molecule has 1 amide bonds. The Morgan fingerprint density at radius 2 is 2.19 bits per heavy atom. The predicted molar refractivity (Wildman–Crippen MR) is 98.0 cm³/mol. The van der Waals surface area contributed by atoms with Gasteiger partial charge in [-0.05, 0) is 36.8 Å². The zero-order valence-electron chi connectivity index (χ0n) is 15.4. The van der Waals surface area contributed by atoms with E-state index in [2.05, 4.69) is 36.3 Å². The lowest BCUT2D eigenvalue weighted by molar-refractivity contribution is -0.136. The second-order valence-electron chi connectivity index (χ2n) is 6.97. The van der Waals surface area contributed by atoms with Crippen LogP contribution in [0.4, 0.5) is 0 Å². The lowest BCUT2D eigenvalue weighted by Gasteiger charge is -2.38. The summed E-state index contributed by atoms with van der Waals surface area (Å²) in [5, 5.41) is 2.25. The summed E-state index contributed by atoms with van der Waals surface area (Å²) in [5.41, 5.74) is 2.37. The van der Waals surface area contributed by atoms with Gasteiger partial charge in [0.25, 0.3) is 5.56 Å². The van der Waals surface area contributed by atoms with E-state index in [4.69, 9.17) is 9.26 Å². The number of carbonyl (C=O) groups is 1. The van der Waals surface area contributed by atoms with E-state index in [-0.39, 0.29) is 17.6 Å². The molecule has 6 heteroatoms. The van der Waals surface area contributed by atoms with E-state index in [0.29, 0.717) is 31.1 Å². The fourth-order valence-electron chi connectivity index (χ4n) is 3.65. The number of aryl methyl sites for hydroxylation is 2. The third kappa shape index (κ3) is 4.43. The van der Waals surface area contributed by atoms with Crippen molar-refractivity contribution in [2.75, 3.05) is 20.2 Å². The van der Waals surface area contributed by atoms with Crippen LogP contribution < -0.4 is 5.56 Å². The monoisotopic (exact) mass is 358 g/mol. The highest BCUT2D eigenvalue weighted by Gasteiger charge is 2.31. The number of aromatic amines is 1. The van der Waals surface area contributed by atoms with Crippen LogP contribution in [-0.2, 0) is 22.4 Å². The number of H-pyrrole nitrogens is 1. The molecule has 1 aromatic heterocycles. The molecule has 0 radical (unpaired) electrons. The first kappa shape index (κ1) is 18.5. The normalized spacial score (nSPS) is 20.3. The van der Waals surface area contributed by atoms with E-state index in [1.165, 1.54) is 17.2 Å². The van der Waals surface area contributed by atoms with Gasteiger partial charge in [0.15, 0.2) is 0 Å². The van der Waals surface area contributed by atoms with E-state index in [1.807, 2.05) is 4.90 Å². The second kappa shape index (κ2) is 8.36. The molecular formula is C20H26N2O4. The maximum atomic E-state index is 12.5. The minimum absolute atomic E-state index is 0.0393. The lowest BCUT2D eigenvalue weighted by Crippen LogP contribution is -2.48. The van der Waals surface area contributed by atoms with Gasteiger partial charge in [-0.2, -0.15) is 5.16 Å². The van der Waals surface area contributed by atoms with Crippen LogP contribution in [0.15, 0.2) is 39.6 Å². The molecule has 1 saturated heterocycles. The number of likely N-dealkylation sites (tertiary alicyclic amines) is 1. The molecule has 140 valence electrons. The van der Waals surface area contributed by atoms with Gasteiger partial charge in [-0.3, -0.25) is 9.59 Å². The van der Waals surface area contributed by atoms with E-state index in [9.17, 15) is 9.59 Å². The molecule has 1 fully saturated rings. The zero-order chi connectivity index (χ0) is 18.5. The first-order chi connectivity index (χ1) is 12.6. The molecule has 0 spiro atoms. The van der Waals surface area contributed by atoms with Crippen molar-refractivity contribution in [1.82, 2.24) is 10.1 Å². The molecule has 3 rings (SSSR count). The van der Waals surface area contributed by atoms with Crippen LogP contribution in [0.2, 0.25) is 0 Å². The van der Waals surface area contributed by atoms with Crippen molar-refractivity contribution >= 4 is 5.91 Å². The molecule has 1 aliphatic heterocycles. The average Bonchev–Trinajstić information content (AvgIpc) is 3.07. The molecule has 0 saturated carbocycles. The molecule has 0 unspecified atom stereocenters. The Hall–Kier alpha value is -2.34. The van der Waals surface area contributed by atoms with Gasteiger partial charge in [0.05, 0.1) is 6.10 Å². The van der Waals surface area contributed by atoms with Crippen LogP contribution in [0.5, 0.6) is 0 Å². The number of hydrogen-bond donors (Lipinski definition) is 1. The summed E-state index contributed by atoms with van der Waals surface area (Å²) >= 11 is 0. The van der Waals surface area contributed by atoms with Gasteiger partial charge in [-0.25, -0.2) is 0 Å². The minimum atomic E-state index is -0.274. The molecular weight excluding hydrogens is 332 g/mol. The van der Waals surface area contributed by atoms with Crippen molar-refractivity contribution < 1.29 is 14.1 Å². The molecule has 1 aromatic carbocycles. The van der Waals surface area contributed by atoms with Crippen LogP contribution in [0.3, 0.4) is 0 Å². The summed E-state index contributed by atoms with van der Waals surface area (Å²) in [6, 6.07) is 9.82. The van der Waals surface area contributed by atoms with E-state index in [1.54, 1.807) is 7.11 Å². The van der Waals surface area contributed by atoms with Crippen molar-refractivity contribution in [3.63, 3.8) is 0 Å². The Labute approximate surface area is 153 Å². The fraction of sp³-hybridized carbons (Fsp3) is 0.500. The van der Waals surface area contributed by atoms with Gasteiger partial charge in [0, 0.05) is 39.1 Å². The maximum absolute atomic E-state index is 12.5. The minimum Gasteiger partial charge on any atom is -0.384 e. The number of methoxy groups -OCH3 is 1. The van der Waals surface area contributed by atoms with Gasteiger partial charge in [0.2, 0.25) is 5.91 Å². The second-order valence-corrected chi connectivity index (χ2v) is 6.97. The van der Waals surface area contributed by atoms with Crippen LogP contribution in [0.25, 0.3) is 0 Å². The van der Waals surface area contributed by atoms with Crippen molar-refractivity contribution in [2.24, 2.45) is 5.92 Å². The highest BCUT2D eigenvalue weighted by Crippen LogP contribution is 2.26. The third-order valence-corrected chi connectivity index (χ3v) is 5.25. The number of rotatable bonds is 6. The quantitative estimate of drug-likeness (QED) is 0.860. The smallest absolute Gasteiger partial charge is 0.280 e. The van der Waals surface area contributed by atoms with Crippen molar-refractivity contribution in [2.45, 2.75) is 38.7 Å². The summed E-state index contributed by atoms with van der Waals surface area (Å²) in [4.78, 5) is 25.4. The Morgan fingerprint density at radius 1 is 1.38 bits per heavy atom. The number of hydrogen-bond acceptors (Lipinski definition) is 4. The number of ether oxygens (including phenoxy) is 1. The highest BCUT2D eigenvalue weighted by atomic mass is 16.5. The number of carbonyl (C=O) groups excluding carboxylic acids is 1. The average molecular weight is 358 g/mol. The number of amides is 1. The van der Waals surface area contributed by atoms with Crippen LogP contribution in [0, 0.1) is 12.8 Å². The standard InChI is InChI=1S/C20H26N2O4/c1-14-5-3-4-6-15(14)11-16-9-10-22(13-18(16)25-2)20(24)8-7-17-12-19(23)21-26-17/h3-6,12,16,18H,7-11,13H2,1-2H3,(H,21,23)/t16-,18-/m1/s1. The molecule has 2 aromatic rings. The largest absolute Gasteiger partial charge is 0.384 e. The summed E-state index contributed by atoms with van der Waals surface area (Å²) < 4.78 is 10.7. The SMILES string of the molecule is CO[C@@H]1CN(C(=O)CCc2cc(=O)[nH]o2)CC[C@@H]1Cc1ccccc1C. The predicted octanol–water partition coefficient (Wildman–Crippen LogP) is 2.32. The molecule has 6 nitrogen and oxygen atoms in total. The Morgan fingerprint density at radius 3 is 2.88 bits per heavy atom. The maximum Gasteiger partial charge on any atom is 0.280 e. The van der Waals surface area contributed by atoms with Gasteiger partial charge in [-0.1, -0.05) is 24.3 Å². The fourth-order valence-corrected chi connectivity index (χ4v) is 3.65. The highest BCUT2D eigenvalue weighted by molar-refractivity contribution is 5.76. The van der Waals surface area contributed by atoms with Crippen LogP contribution >= 0.6 is 0 Å². The summed E-state index contributed by atoms with van der Waals surface area (Å²) in [5.74, 6) is 0.999. The van der Waals surface area contributed by atoms with E-state index in [0.717, 1.165) is 19.4 Å².